The number of anilines is 2. The Morgan fingerprint density at radius 1 is 1.03 bits per heavy atom. The molecular weight excluding hydrogens is 386 g/mol. The molecule has 0 atom stereocenters. The lowest BCUT2D eigenvalue weighted by Crippen LogP contribution is -2.09. The first-order valence-electron chi connectivity index (χ1n) is 10.5. The van der Waals surface area contributed by atoms with Crippen LogP contribution in [0, 0.1) is 0 Å². The first-order valence-corrected chi connectivity index (χ1v) is 10.5. The van der Waals surface area contributed by atoms with Crippen molar-refractivity contribution in [2.24, 2.45) is 0 Å². The molecule has 5 nitrogen and oxygen atoms in total. The summed E-state index contributed by atoms with van der Waals surface area (Å²) in [6.45, 7) is 5.09. The summed E-state index contributed by atoms with van der Waals surface area (Å²) in [7, 11) is 1.66. The van der Waals surface area contributed by atoms with Crippen LogP contribution in [0.25, 0.3) is 6.08 Å². The van der Waals surface area contributed by atoms with E-state index in [9.17, 15) is 4.79 Å². The van der Waals surface area contributed by atoms with Gasteiger partial charge in [-0.15, -0.1) is 0 Å². The van der Waals surface area contributed by atoms with Gasteiger partial charge in [-0.25, -0.2) is 4.98 Å². The summed E-state index contributed by atoms with van der Waals surface area (Å²) in [6, 6.07) is 19.9. The first-order chi connectivity index (χ1) is 15.0. The second kappa shape index (κ2) is 11.0. The van der Waals surface area contributed by atoms with Gasteiger partial charge in [-0.1, -0.05) is 50.2 Å². The standard InChI is InChI=1S/C26H29N3O2/c1-19(2)22-9-4-20(5-10-22)8-15-26(30)29-23-11-14-25(28-18-23)27-17-16-21-6-12-24(31-3)13-7-21/h4-15,18-19H,16-17H2,1-3H3,(H,27,28)(H,29,30)/b15-8+. The molecule has 3 aromatic rings. The van der Waals surface area contributed by atoms with Crippen molar-refractivity contribution in [3.8, 4) is 5.75 Å². The highest BCUT2D eigenvalue weighted by Gasteiger charge is 2.01. The number of pyridine rings is 1. The van der Waals surface area contributed by atoms with E-state index in [1.807, 2.05) is 42.5 Å². The smallest absolute Gasteiger partial charge is 0.248 e. The number of rotatable bonds is 9. The molecule has 160 valence electrons. The van der Waals surface area contributed by atoms with Crippen LogP contribution < -0.4 is 15.4 Å². The Kier molecular flexibility index (Phi) is 7.82. The average Bonchev–Trinajstić information content (AvgIpc) is 2.79. The molecule has 0 fully saturated rings. The van der Waals surface area contributed by atoms with Crippen molar-refractivity contribution >= 4 is 23.5 Å². The third-order valence-corrected chi connectivity index (χ3v) is 4.94. The van der Waals surface area contributed by atoms with Crippen LogP contribution in [0.2, 0.25) is 0 Å². The lowest BCUT2D eigenvalue weighted by Gasteiger charge is -2.08. The molecule has 2 aromatic carbocycles. The summed E-state index contributed by atoms with van der Waals surface area (Å²) < 4.78 is 5.17. The minimum Gasteiger partial charge on any atom is -0.497 e. The number of ether oxygens (including phenoxy) is 1. The SMILES string of the molecule is COc1ccc(CCNc2ccc(NC(=O)/C=C/c3ccc(C(C)C)cc3)cn2)cc1. The van der Waals surface area contributed by atoms with Crippen LogP contribution in [0.5, 0.6) is 5.75 Å². The summed E-state index contributed by atoms with van der Waals surface area (Å²) in [4.78, 5) is 16.5. The molecule has 0 unspecified atom stereocenters. The fourth-order valence-electron chi connectivity index (χ4n) is 3.05. The van der Waals surface area contributed by atoms with Crippen LogP contribution in [-0.4, -0.2) is 24.5 Å². The number of nitrogens with zero attached hydrogens (tertiary/aromatic N) is 1. The number of nitrogens with one attached hydrogen (secondary N) is 2. The molecule has 2 N–H and O–H groups in total. The van der Waals surface area contributed by atoms with E-state index in [0.29, 0.717) is 11.6 Å². The number of hydrogen-bond donors (Lipinski definition) is 2. The maximum atomic E-state index is 12.2. The van der Waals surface area contributed by atoms with Gasteiger partial charge in [-0.05, 0) is 59.4 Å². The topological polar surface area (TPSA) is 63.2 Å². The van der Waals surface area contributed by atoms with Gasteiger partial charge in [-0.3, -0.25) is 4.79 Å². The minimum absolute atomic E-state index is 0.185. The van der Waals surface area contributed by atoms with Crippen molar-refractivity contribution in [1.82, 2.24) is 4.98 Å². The Morgan fingerprint density at radius 3 is 2.39 bits per heavy atom. The summed E-state index contributed by atoms with van der Waals surface area (Å²) in [6.07, 6.45) is 5.87. The second-order valence-electron chi connectivity index (χ2n) is 7.60. The molecule has 0 saturated heterocycles. The molecule has 0 spiro atoms. The van der Waals surface area contributed by atoms with Gasteiger partial charge in [0.05, 0.1) is 19.0 Å². The lowest BCUT2D eigenvalue weighted by atomic mass is 10.0. The maximum absolute atomic E-state index is 12.2. The fourth-order valence-corrected chi connectivity index (χ4v) is 3.05. The van der Waals surface area contributed by atoms with Crippen LogP contribution in [-0.2, 0) is 11.2 Å². The molecule has 1 heterocycles. The van der Waals surface area contributed by atoms with Gasteiger partial charge >= 0.3 is 0 Å². The third kappa shape index (κ3) is 7.00. The Hall–Kier alpha value is -3.60. The maximum Gasteiger partial charge on any atom is 0.248 e. The quantitative estimate of drug-likeness (QED) is 0.452. The van der Waals surface area contributed by atoms with Crippen molar-refractivity contribution in [1.29, 1.82) is 0 Å². The second-order valence-corrected chi connectivity index (χ2v) is 7.60. The molecule has 0 radical (unpaired) electrons. The highest BCUT2D eigenvalue weighted by atomic mass is 16.5. The van der Waals surface area contributed by atoms with Crippen LogP contribution in [0.1, 0.15) is 36.5 Å². The fraction of sp³-hybridized carbons (Fsp3) is 0.231. The van der Waals surface area contributed by atoms with Crippen molar-refractivity contribution < 1.29 is 9.53 Å². The number of benzene rings is 2. The van der Waals surface area contributed by atoms with E-state index in [1.165, 1.54) is 17.2 Å². The van der Waals surface area contributed by atoms with Gasteiger partial charge in [0.2, 0.25) is 5.91 Å². The van der Waals surface area contributed by atoms with Crippen LogP contribution in [0.3, 0.4) is 0 Å². The Bertz CT molecular complexity index is 992. The number of methoxy groups -OCH3 is 1. The number of hydrogen-bond acceptors (Lipinski definition) is 4. The number of carbonyl (C=O) groups excluding carboxylic acids is 1. The number of carbonyl (C=O) groups is 1. The summed E-state index contributed by atoms with van der Waals surface area (Å²) in [5.41, 5.74) is 4.16. The first kappa shape index (κ1) is 22.1. The van der Waals surface area contributed by atoms with Crippen molar-refractivity contribution in [2.45, 2.75) is 26.2 Å². The molecule has 0 aliphatic heterocycles. The Morgan fingerprint density at radius 2 is 1.77 bits per heavy atom. The average molecular weight is 416 g/mol. The van der Waals surface area contributed by atoms with E-state index in [4.69, 9.17) is 4.74 Å². The van der Waals surface area contributed by atoms with E-state index < -0.39 is 0 Å². The zero-order valence-electron chi connectivity index (χ0n) is 18.3. The van der Waals surface area contributed by atoms with Crippen molar-refractivity contribution in [2.75, 3.05) is 24.3 Å². The predicted octanol–water partition coefficient (Wildman–Crippen LogP) is 5.52. The molecule has 31 heavy (non-hydrogen) atoms. The van der Waals surface area contributed by atoms with E-state index in [2.05, 4.69) is 53.7 Å². The Balaban J connectivity index is 1.45. The van der Waals surface area contributed by atoms with Crippen LogP contribution in [0.15, 0.2) is 72.9 Å². The normalized spacial score (nSPS) is 11.0. The largest absolute Gasteiger partial charge is 0.497 e. The molecule has 1 amide bonds. The minimum atomic E-state index is -0.185. The summed E-state index contributed by atoms with van der Waals surface area (Å²) in [5.74, 6) is 1.94. The van der Waals surface area contributed by atoms with Crippen LogP contribution >= 0.6 is 0 Å². The van der Waals surface area contributed by atoms with Gasteiger partial charge in [0.1, 0.15) is 11.6 Å². The van der Waals surface area contributed by atoms with E-state index >= 15 is 0 Å². The lowest BCUT2D eigenvalue weighted by molar-refractivity contribution is -0.111. The van der Waals surface area contributed by atoms with Crippen LogP contribution in [0.4, 0.5) is 11.5 Å². The zero-order valence-corrected chi connectivity index (χ0v) is 18.3. The summed E-state index contributed by atoms with van der Waals surface area (Å²) >= 11 is 0. The van der Waals surface area contributed by atoms with Gasteiger partial charge in [0.15, 0.2) is 0 Å². The molecule has 3 rings (SSSR count). The predicted molar refractivity (Wildman–Crippen MR) is 128 cm³/mol. The molecular formula is C26H29N3O2. The van der Waals surface area contributed by atoms with Gasteiger partial charge in [0.25, 0.3) is 0 Å². The van der Waals surface area contributed by atoms with E-state index in [-0.39, 0.29) is 5.91 Å². The molecule has 0 saturated carbocycles. The molecule has 0 aliphatic carbocycles. The third-order valence-electron chi connectivity index (χ3n) is 4.94. The van der Waals surface area contributed by atoms with E-state index in [0.717, 1.165) is 30.1 Å². The van der Waals surface area contributed by atoms with Gasteiger partial charge < -0.3 is 15.4 Å². The molecule has 0 aliphatic rings. The molecule has 1 aromatic heterocycles. The summed E-state index contributed by atoms with van der Waals surface area (Å²) in [5, 5.41) is 6.13. The molecule has 5 heteroatoms. The molecule has 0 bridgehead atoms. The highest BCUT2D eigenvalue weighted by molar-refractivity contribution is 6.01. The number of amides is 1. The zero-order chi connectivity index (χ0) is 22.1. The van der Waals surface area contributed by atoms with Crippen molar-refractivity contribution in [3.63, 3.8) is 0 Å². The monoisotopic (exact) mass is 415 g/mol. The van der Waals surface area contributed by atoms with E-state index in [1.54, 1.807) is 13.3 Å². The highest BCUT2D eigenvalue weighted by Crippen LogP contribution is 2.16. The Labute approximate surface area is 184 Å². The van der Waals surface area contributed by atoms with Gasteiger partial charge in [0, 0.05) is 12.6 Å². The van der Waals surface area contributed by atoms with Crippen molar-refractivity contribution in [3.05, 3.63) is 89.6 Å². The van der Waals surface area contributed by atoms with Gasteiger partial charge in [-0.2, -0.15) is 0 Å². The number of aromatic nitrogens is 1.